The molecule has 1 N–H and O–H groups in total. The van der Waals surface area contributed by atoms with Crippen LogP contribution in [0.1, 0.15) is 30.9 Å². The zero-order valence-electron chi connectivity index (χ0n) is 15.1. The first-order chi connectivity index (χ1) is 12.9. The second-order valence-corrected chi connectivity index (χ2v) is 11.2. The highest BCUT2D eigenvalue weighted by Gasteiger charge is 2.21. The minimum Gasteiger partial charge on any atom is -0.482 e. The number of carbonyl (C=O) groups is 1. The number of benzene rings is 2. The summed E-state index contributed by atoms with van der Waals surface area (Å²) in [5.41, 5.74) is 0.904. The van der Waals surface area contributed by atoms with Gasteiger partial charge in [0.2, 0.25) is 0 Å². The van der Waals surface area contributed by atoms with E-state index in [-0.39, 0.29) is 17.4 Å². The lowest BCUT2D eigenvalue weighted by molar-refractivity contribution is -0.136. The Morgan fingerprint density at radius 3 is 2.18 bits per heavy atom. The summed E-state index contributed by atoms with van der Waals surface area (Å²) in [4.78, 5) is 12.1. The van der Waals surface area contributed by atoms with Crippen molar-refractivity contribution in [2.24, 2.45) is 0 Å². The molecule has 0 aliphatic carbocycles. The Bertz CT molecular complexity index is 995. The average Bonchev–Trinajstić information content (AvgIpc) is 2.55. The summed E-state index contributed by atoms with van der Waals surface area (Å²) < 4.78 is 46.4. The molecule has 2 aromatic carbocycles. The van der Waals surface area contributed by atoms with Gasteiger partial charge in [-0.25, -0.2) is 4.79 Å². The molecule has 0 saturated carbocycles. The summed E-state index contributed by atoms with van der Waals surface area (Å²) in [6.07, 6.45) is 0. The van der Waals surface area contributed by atoms with Crippen LogP contribution >= 0.6 is 67.8 Å². The van der Waals surface area contributed by atoms with Crippen LogP contribution in [0.3, 0.4) is 0 Å². The molecule has 0 radical (unpaired) electrons. The van der Waals surface area contributed by atoms with E-state index in [1.54, 1.807) is 20.8 Å². The fourth-order valence-corrected chi connectivity index (χ4v) is 7.13. The van der Waals surface area contributed by atoms with E-state index >= 15 is 0 Å². The lowest BCUT2D eigenvalue weighted by Gasteiger charge is -2.16. The van der Waals surface area contributed by atoms with Crippen LogP contribution in [0.5, 0.6) is 11.5 Å². The first kappa shape index (κ1) is 24.1. The largest absolute Gasteiger partial charge is 0.482 e. The van der Waals surface area contributed by atoms with Crippen LogP contribution in [0.2, 0.25) is 0 Å². The highest BCUT2D eigenvalue weighted by molar-refractivity contribution is 14.1. The van der Waals surface area contributed by atoms with Gasteiger partial charge in [-0.1, -0.05) is 13.8 Å². The van der Waals surface area contributed by atoms with Gasteiger partial charge in [0.05, 0.1) is 12.0 Å². The molecule has 10 heteroatoms. The van der Waals surface area contributed by atoms with Gasteiger partial charge in [0.15, 0.2) is 12.4 Å². The third-order valence-corrected chi connectivity index (χ3v) is 6.87. The Labute approximate surface area is 204 Å². The van der Waals surface area contributed by atoms with E-state index in [2.05, 4.69) is 67.8 Å². The molecule has 0 unspecified atom stereocenters. The fraction of sp³-hybridized carbons (Fsp3) is 0.278. The van der Waals surface area contributed by atoms with E-state index in [4.69, 9.17) is 9.47 Å². The van der Waals surface area contributed by atoms with Crippen molar-refractivity contribution in [2.75, 3.05) is 6.61 Å². The zero-order chi connectivity index (χ0) is 21.2. The molecule has 0 saturated heterocycles. The SMILES string of the molecule is Cc1cc(S(=O)(=O)O)c(C(C)C)cc1OCC(=O)Oc1c(I)cc(I)cc1I. The van der Waals surface area contributed by atoms with Crippen LogP contribution in [0.25, 0.3) is 0 Å². The number of esters is 1. The van der Waals surface area contributed by atoms with Gasteiger partial charge < -0.3 is 9.47 Å². The van der Waals surface area contributed by atoms with Crippen LogP contribution in [-0.2, 0) is 14.9 Å². The zero-order valence-corrected chi connectivity index (χ0v) is 22.4. The van der Waals surface area contributed by atoms with Crippen molar-refractivity contribution < 1.29 is 27.2 Å². The minimum atomic E-state index is -4.35. The average molecular weight is 742 g/mol. The molecule has 28 heavy (non-hydrogen) atoms. The van der Waals surface area contributed by atoms with Gasteiger partial charge in [-0.15, -0.1) is 0 Å². The van der Waals surface area contributed by atoms with Crippen molar-refractivity contribution in [3.05, 3.63) is 46.1 Å². The second kappa shape index (κ2) is 9.75. The van der Waals surface area contributed by atoms with E-state index < -0.39 is 16.1 Å². The number of aryl methyl sites for hydroxylation is 1. The molecular formula is C18H17I3O6S. The molecule has 152 valence electrons. The van der Waals surface area contributed by atoms with Gasteiger partial charge in [0.25, 0.3) is 10.1 Å². The van der Waals surface area contributed by atoms with Crippen molar-refractivity contribution in [3.63, 3.8) is 0 Å². The van der Waals surface area contributed by atoms with Crippen molar-refractivity contribution in [1.82, 2.24) is 0 Å². The molecule has 0 amide bonds. The topological polar surface area (TPSA) is 89.9 Å². The van der Waals surface area contributed by atoms with E-state index in [0.717, 1.165) is 10.7 Å². The summed E-state index contributed by atoms with van der Waals surface area (Å²) in [5, 5.41) is 0. The molecule has 0 bridgehead atoms. The van der Waals surface area contributed by atoms with Crippen molar-refractivity contribution in [3.8, 4) is 11.5 Å². The number of ether oxygens (including phenoxy) is 2. The normalized spacial score (nSPS) is 11.6. The highest BCUT2D eigenvalue weighted by Crippen LogP contribution is 2.32. The Hall–Kier alpha value is -0.190. The molecule has 0 atom stereocenters. The number of hydrogen-bond donors (Lipinski definition) is 1. The first-order valence-electron chi connectivity index (χ1n) is 8.00. The van der Waals surface area contributed by atoms with Crippen LogP contribution < -0.4 is 9.47 Å². The van der Waals surface area contributed by atoms with E-state index in [1.807, 2.05) is 12.1 Å². The van der Waals surface area contributed by atoms with Crippen molar-refractivity contribution in [1.29, 1.82) is 0 Å². The third kappa shape index (κ3) is 6.15. The van der Waals surface area contributed by atoms with Gasteiger partial charge in [-0.2, -0.15) is 8.42 Å². The minimum absolute atomic E-state index is 0.155. The molecule has 0 fully saturated rings. The van der Waals surface area contributed by atoms with Crippen LogP contribution in [0, 0.1) is 17.6 Å². The highest BCUT2D eigenvalue weighted by atomic mass is 127. The Balaban J connectivity index is 2.21. The standard InChI is InChI=1S/C18H17I3O6S/c1-9(2)12-7-15(10(3)4-16(12)28(23,24)25)26-8-17(22)27-18-13(20)5-11(19)6-14(18)21/h4-7,9H,8H2,1-3H3,(H,23,24,25). The van der Waals surface area contributed by atoms with Gasteiger partial charge in [0.1, 0.15) is 5.75 Å². The molecular weight excluding hydrogens is 725 g/mol. The van der Waals surface area contributed by atoms with Gasteiger partial charge in [-0.3, -0.25) is 4.55 Å². The first-order valence-corrected chi connectivity index (χ1v) is 12.7. The molecule has 2 aromatic rings. The number of rotatable bonds is 6. The summed E-state index contributed by atoms with van der Waals surface area (Å²) in [6.45, 7) is 4.92. The van der Waals surface area contributed by atoms with Crippen molar-refractivity contribution >= 4 is 83.9 Å². The number of carbonyl (C=O) groups excluding carboxylic acids is 1. The summed E-state index contributed by atoms with van der Waals surface area (Å²) in [6, 6.07) is 6.69. The second-order valence-electron chi connectivity index (χ2n) is 6.25. The summed E-state index contributed by atoms with van der Waals surface area (Å²) in [5.74, 6) is 0.111. The van der Waals surface area contributed by atoms with Crippen LogP contribution in [0.15, 0.2) is 29.2 Å². The predicted octanol–water partition coefficient (Wildman–Crippen LogP) is 5.16. The summed E-state index contributed by atoms with van der Waals surface area (Å²) in [7, 11) is -4.35. The maximum atomic E-state index is 12.2. The number of hydrogen-bond acceptors (Lipinski definition) is 5. The summed E-state index contributed by atoms with van der Waals surface area (Å²) >= 11 is 6.40. The monoisotopic (exact) mass is 742 g/mol. The third-order valence-electron chi connectivity index (χ3n) is 3.73. The lowest BCUT2D eigenvalue weighted by Crippen LogP contribution is -2.19. The molecule has 0 heterocycles. The molecule has 0 aromatic heterocycles. The molecule has 6 nitrogen and oxygen atoms in total. The Morgan fingerprint density at radius 2 is 1.68 bits per heavy atom. The van der Waals surface area contributed by atoms with Gasteiger partial charge >= 0.3 is 5.97 Å². The Kier molecular flexibility index (Phi) is 8.38. The molecule has 0 aliphatic rings. The predicted molar refractivity (Wildman–Crippen MR) is 131 cm³/mol. The van der Waals surface area contributed by atoms with Gasteiger partial charge in [0, 0.05) is 3.57 Å². The van der Waals surface area contributed by atoms with E-state index in [0.29, 0.717) is 22.6 Å². The maximum Gasteiger partial charge on any atom is 0.349 e. The Morgan fingerprint density at radius 1 is 1.11 bits per heavy atom. The smallest absolute Gasteiger partial charge is 0.349 e. The molecule has 0 spiro atoms. The van der Waals surface area contributed by atoms with E-state index in [9.17, 15) is 17.8 Å². The lowest BCUT2D eigenvalue weighted by atomic mass is 10.0. The van der Waals surface area contributed by atoms with Crippen LogP contribution in [0.4, 0.5) is 0 Å². The van der Waals surface area contributed by atoms with Crippen LogP contribution in [-0.4, -0.2) is 25.5 Å². The van der Waals surface area contributed by atoms with Crippen molar-refractivity contribution in [2.45, 2.75) is 31.6 Å². The molecule has 2 rings (SSSR count). The molecule has 0 aliphatic heterocycles. The fourth-order valence-electron chi connectivity index (χ4n) is 2.41. The van der Waals surface area contributed by atoms with Gasteiger partial charge in [-0.05, 0) is 116 Å². The maximum absolute atomic E-state index is 12.2. The quantitative estimate of drug-likeness (QED) is 0.191. The van der Waals surface area contributed by atoms with E-state index in [1.165, 1.54) is 12.1 Å². The number of halogens is 3.